The van der Waals surface area contributed by atoms with Crippen molar-refractivity contribution in [3.8, 4) is 0 Å². The van der Waals surface area contributed by atoms with Gasteiger partial charge in [0, 0.05) is 12.1 Å². The molecule has 5 atom stereocenters. The maximum absolute atomic E-state index is 14.0. The fourth-order valence-corrected chi connectivity index (χ4v) is 5.93. The molecular weight excluding hydrogens is 488 g/mol. The zero-order valence-corrected chi connectivity index (χ0v) is 24.4. The van der Waals surface area contributed by atoms with Gasteiger partial charge in [-0.05, 0) is 55.8 Å². The standard InChI is InChI=1S/C28H46N4O6/c1-26(2,3)21(30-25(37)31-27(4,5)6)23(35)32-14-16-18(28(16,7)8)19(32)22(34)29-17(13-15-11-10-12-15)20(33)24(36)38-9/h15-19,21H,10-14H2,1-9H3,(H,29,34)(H2,30,31,37)/t16?,17-,18?,19?,21?/m0/s1. The third-order valence-corrected chi connectivity index (χ3v) is 8.45. The Morgan fingerprint density at radius 3 is 2.08 bits per heavy atom. The second kappa shape index (κ2) is 10.5. The molecule has 0 aromatic heterocycles. The topological polar surface area (TPSA) is 134 Å². The van der Waals surface area contributed by atoms with Crippen LogP contribution in [0.5, 0.6) is 0 Å². The molecule has 4 amide bonds. The van der Waals surface area contributed by atoms with E-state index >= 15 is 0 Å². The number of amides is 4. The average Bonchev–Trinajstić information content (AvgIpc) is 3.08. The molecule has 2 saturated carbocycles. The number of nitrogens with zero attached hydrogens (tertiary/aromatic N) is 1. The van der Waals surface area contributed by atoms with E-state index in [0.29, 0.717) is 13.0 Å². The van der Waals surface area contributed by atoms with Gasteiger partial charge < -0.3 is 25.6 Å². The van der Waals surface area contributed by atoms with E-state index in [1.165, 1.54) is 0 Å². The third kappa shape index (κ3) is 6.31. The molecule has 0 aromatic carbocycles. The normalized spacial score (nSPS) is 25.8. The van der Waals surface area contributed by atoms with Crippen molar-refractivity contribution in [2.24, 2.45) is 28.6 Å². The van der Waals surface area contributed by atoms with E-state index in [1.54, 1.807) is 4.90 Å². The van der Waals surface area contributed by atoms with E-state index in [1.807, 2.05) is 41.5 Å². The molecule has 1 heterocycles. The fourth-order valence-electron chi connectivity index (χ4n) is 5.93. The van der Waals surface area contributed by atoms with E-state index in [0.717, 1.165) is 26.4 Å². The van der Waals surface area contributed by atoms with E-state index in [4.69, 9.17) is 0 Å². The van der Waals surface area contributed by atoms with Gasteiger partial charge in [-0.25, -0.2) is 9.59 Å². The van der Waals surface area contributed by atoms with Crippen molar-refractivity contribution in [3.63, 3.8) is 0 Å². The van der Waals surface area contributed by atoms with E-state index in [2.05, 4.69) is 34.5 Å². The first kappa shape index (κ1) is 29.9. The van der Waals surface area contributed by atoms with Crippen LogP contribution in [0.2, 0.25) is 0 Å². The maximum Gasteiger partial charge on any atom is 0.376 e. The molecule has 0 aromatic rings. The summed E-state index contributed by atoms with van der Waals surface area (Å²) in [4.78, 5) is 66.9. The Hall–Kier alpha value is -2.65. The van der Waals surface area contributed by atoms with Gasteiger partial charge in [-0.3, -0.25) is 14.4 Å². The lowest BCUT2D eigenvalue weighted by atomic mass is 9.80. The van der Waals surface area contributed by atoms with Crippen LogP contribution < -0.4 is 16.0 Å². The Balaban J connectivity index is 1.84. The van der Waals surface area contributed by atoms with Crippen molar-refractivity contribution in [2.75, 3.05) is 13.7 Å². The molecule has 3 aliphatic rings. The van der Waals surface area contributed by atoms with Crippen LogP contribution in [0.25, 0.3) is 0 Å². The minimum Gasteiger partial charge on any atom is -0.463 e. The maximum atomic E-state index is 14.0. The predicted octanol–water partition coefficient (Wildman–Crippen LogP) is 2.40. The average molecular weight is 535 g/mol. The number of hydrogen-bond donors (Lipinski definition) is 3. The van der Waals surface area contributed by atoms with Crippen molar-refractivity contribution in [1.29, 1.82) is 0 Å². The second-order valence-corrected chi connectivity index (χ2v) is 14.0. The molecule has 10 heteroatoms. The molecule has 0 bridgehead atoms. The molecule has 38 heavy (non-hydrogen) atoms. The first-order valence-corrected chi connectivity index (χ1v) is 13.7. The Morgan fingerprint density at radius 2 is 1.61 bits per heavy atom. The molecule has 2 aliphatic carbocycles. The zero-order valence-electron chi connectivity index (χ0n) is 24.4. The molecule has 0 radical (unpaired) electrons. The number of ether oxygens (including phenoxy) is 1. The Morgan fingerprint density at radius 1 is 1.00 bits per heavy atom. The smallest absolute Gasteiger partial charge is 0.376 e. The van der Waals surface area contributed by atoms with Crippen molar-refractivity contribution < 1.29 is 28.7 Å². The number of carbonyl (C=O) groups excluding carboxylic acids is 5. The molecule has 3 rings (SSSR count). The number of Topliss-reactive ketones (excluding diaryl/α,β-unsaturated/α-hetero) is 1. The first-order valence-electron chi connectivity index (χ1n) is 13.7. The number of methoxy groups -OCH3 is 1. The van der Waals surface area contributed by atoms with Crippen LogP contribution in [-0.2, 0) is 23.9 Å². The Labute approximate surface area is 226 Å². The van der Waals surface area contributed by atoms with Crippen LogP contribution in [0.4, 0.5) is 4.79 Å². The van der Waals surface area contributed by atoms with Gasteiger partial charge in [0.1, 0.15) is 12.1 Å². The molecular formula is C28H46N4O6. The molecule has 1 aliphatic heterocycles. The highest BCUT2D eigenvalue weighted by Crippen LogP contribution is 2.65. The summed E-state index contributed by atoms with van der Waals surface area (Å²) in [6, 6.07) is -3.12. The summed E-state index contributed by atoms with van der Waals surface area (Å²) >= 11 is 0. The van der Waals surface area contributed by atoms with Crippen LogP contribution in [0.3, 0.4) is 0 Å². The first-order chi connectivity index (χ1) is 17.4. The third-order valence-electron chi connectivity index (χ3n) is 8.45. The van der Waals surface area contributed by atoms with Crippen molar-refractivity contribution in [1.82, 2.24) is 20.9 Å². The summed E-state index contributed by atoms with van der Waals surface area (Å²) in [6.45, 7) is 15.7. The Bertz CT molecular complexity index is 975. The lowest BCUT2D eigenvalue weighted by molar-refractivity contribution is -0.153. The number of urea groups is 1. The van der Waals surface area contributed by atoms with E-state index < -0.39 is 52.8 Å². The van der Waals surface area contributed by atoms with Crippen LogP contribution in [0.1, 0.15) is 81.1 Å². The van der Waals surface area contributed by atoms with Crippen LogP contribution in [0.15, 0.2) is 0 Å². The summed E-state index contributed by atoms with van der Waals surface area (Å²) in [5.74, 6) is -2.22. The zero-order chi connectivity index (χ0) is 28.8. The molecule has 3 fully saturated rings. The van der Waals surface area contributed by atoms with Crippen LogP contribution in [0, 0.1) is 28.6 Å². The van der Waals surface area contributed by atoms with E-state index in [-0.39, 0.29) is 29.1 Å². The molecule has 10 nitrogen and oxygen atoms in total. The minimum absolute atomic E-state index is 0.0759. The highest BCUT2D eigenvalue weighted by Gasteiger charge is 2.70. The summed E-state index contributed by atoms with van der Waals surface area (Å²) in [5, 5.41) is 8.49. The quantitative estimate of drug-likeness (QED) is 0.323. The molecule has 4 unspecified atom stereocenters. The van der Waals surface area contributed by atoms with Gasteiger partial charge in [0.15, 0.2) is 0 Å². The number of rotatable bonds is 8. The molecule has 214 valence electrons. The van der Waals surface area contributed by atoms with Crippen molar-refractivity contribution in [2.45, 2.75) is 105 Å². The monoisotopic (exact) mass is 534 g/mol. The highest BCUT2D eigenvalue weighted by molar-refractivity contribution is 6.36. The van der Waals surface area contributed by atoms with Crippen LogP contribution >= 0.6 is 0 Å². The number of likely N-dealkylation sites (tertiary alicyclic amines) is 1. The largest absolute Gasteiger partial charge is 0.463 e. The number of piperidine rings is 1. The predicted molar refractivity (Wildman–Crippen MR) is 142 cm³/mol. The van der Waals surface area contributed by atoms with Gasteiger partial charge in [0.2, 0.25) is 11.8 Å². The van der Waals surface area contributed by atoms with Gasteiger partial charge in [-0.1, -0.05) is 53.9 Å². The fraction of sp³-hybridized carbons (Fsp3) is 0.821. The lowest BCUT2D eigenvalue weighted by Gasteiger charge is -2.38. The van der Waals surface area contributed by atoms with Gasteiger partial charge in [0.05, 0.1) is 13.2 Å². The summed E-state index contributed by atoms with van der Waals surface area (Å²) < 4.78 is 4.64. The summed E-state index contributed by atoms with van der Waals surface area (Å²) in [6.07, 6.45) is 3.33. The van der Waals surface area contributed by atoms with E-state index in [9.17, 15) is 24.0 Å². The van der Waals surface area contributed by atoms with Crippen molar-refractivity contribution in [3.05, 3.63) is 0 Å². The SMILES string of the molecule is COC(=O)C(=O)[C@H](CC1CCC1)NC(=O)C1C2C(CN1C(=O)C(NC(=O)NC(C)(C)C)C(C)(C)C)C2(C)C. The molecule has 3 N–H and O–H groups in total. The number of nitrogens with one attached hydrogen (secondary N) is 3. The van der Waals surface area contributed by atoms with Crippen molar-refractivity contribution >= 4 is 29.6 Å². The minimum atomic E-state index is -0.993. The highest BCUT2D eigenvalue weighted by atomic mass is 16.5. The number of ketones is 1. The Kier molecular flexibility index (Phi) is 8.25. The van der Waals surface area contributed by atoms with Gasteiger partial charge in [0.25, 0.3) is 5.78 Å². The molecule has 0 spiro atoms. The number of hydrogen-bond acceptors (Lipinski definition) is 6. The number of carbonyl (C=O) groups is 5. The second-order valence-electron chi connectivity index (χ2n) is 14.0. The number of esters is 1. The van der Waals surface area contributed by atoms with Gasteiger partial charge >= 0.3 is 12.0 Å². The van der Waals surface area contributed by atoms with Gasteiger partial charge in [-0.2, -0.15) is 0 Å². The number of fused-ring (bicyclic) bond motifs is 1. The summed E-state index contributed by atoms with van der Waals surface area (Å²) in [5.41, 5.74) is -1.25. The lowest BCUT2D eigenvalue weighted by Crippen LogP contribution is -2.62. The molecule has 1 saturated heterocycles. The van der Waals surface area contributed by atoms with Crippen LogP contribution in [-0.4, -0.2) is 71.8 Å². The van der Waals surface area contributed by atoms with Gasteiger partial charge in [-0.15, -0.1) is 0 Å². The summed E-state index contributed by atoms with van der Waals surface area (Å²) in [7, 11) is 1.15.